The second-order valence-electron chi connectivity index (χ2n) is 13.6. The summed E-state index contributed by atoms with van der Waals surface area (Å²) >= 11 is 0. The highest BCUT2D eigenvalue weighted by atomic mass is 31.2. The number of ether oxygens (including phenoxy) is 2. The second kappa shape index (κ2) is 32.7. The van der Waals surface area contributed by atoms with Gasteiger partial charge in [-0.05, 0) is 51.4 Å². The van der Waals surface area contributed by atoms with Crippen LogP contribution in [0.5, 0.6) is 0 Å². The van der Waals surface area contributed by atoms with Gasteiger partial charge in [0.05, 0.1) is 34.4 Å². The van der Waals surface area contributed by atoms with Crippen molar-refractivity contribution in [3.05, 3.63) is 48.6 Å². The Balaban J connectivity index is 4.24. The van der Waals surface area contributed by atoms with Crippen LogP contribution in [0.2, 0.25) is 0 Å². The van der Waals surface area contributed by atoms with Gasteiger partial charge in [0, 0.05) is 13.0 Å². The van der Waals surface area contributed by atoms with Gasteiger partial charge in [-0.3, -0.25) is 13.8 Å². The number of phosphoric ester groups is 1. The maximum Gasteiger partial charge on any atom is 0.472 e. The van der Waals surface area contributed by atoms with E-state index in [0.717, 1.165) is 70.6 Å². The Labute approximate surface area is 295 Å². The minimum atomic E-state index is -4.26. The van der Waals surface area contributed by atoms with Gasteiger partial charge < -0.3 is 18.9 Å². The maximum absolute atomic E-state index is 12.6. The van der Waals surface area contributed by atoms with E-state index < -0.39 is 13.9 Å². The summed E-state index contributed by atoms with van der Waals surface area (Å²) in [4.78, 5) is 22.7. The second-order valence-corrected chi connectivity index (χ2v) is 15.0. The van der Waals surface area contributed by atoms with Gasteiger partial charge in [-0.15, -0.1) is 0 Å². The highest BCUT2D eigenvalue weighted by Crippen LogP contribution is 2.43. The monoisotopic (exact) mass is 699 g/mol. The third kappa shape index (κ3) is 35.8. The molecule has 9 heteroatoms. The predicted octanol–water partition coefficient (Wildman–Crippen LogP) is 10.4. The van der Waals surface area contributed by atoms with Gasteiger partial charge >= 0.3 is 13.8 Å². The number of hydrogen-bond donors (Lipinski definition) is 1. The number of hydrogen-bond acceptors (Lipinski definition) is 6. The number of likely N-dealkylation sites (N-methyl/N-ethyl adjacent to an activating group) is 1. The number of esters is 1. The number of quaternary nitrogens is 1. The van der Waals surface area contributed by atoms with Crippen LogP contribution in [-0.2, 0) is 27.9 Å². The molecule has 2 unspecified atom stereocenters. The lowest BCUT2D eigenvalue weighted by atomic mass is 10.1. The zero-order chi connectivity index (χ0) is 35.6. The first kappa shape index (κ1) is 46.5. The molecule has 280 valence electrons. The van der Waals surface area contributed by atoms with E-state index in [1.807, 2.05) is 21.1 Å². The van der Waals surface area contributed by atoms with Gasteiger partial charge in [-0.2, -0.15) is 0 Å². The van der Waals surface area contributed by atoms with E-state index in [0.29, 0.717) is 24.1 Å². The predicted molar refractivity (Wildman–Crippen MR) is 201 cm³/mol. The lowest BCUT2D eigenvalue weighted by Gasteiger charge is -2.24. The number of allylic oxidation sites excluding steroid dienone is 8. The van der Waals surface area contributed by atoms with Gasteiger partial charge in [0.25, 0.3) is 0 Å². The van der Waals surface area contributed by atoms with Crippen LogP contribution in [0.3, 0.4) is 0 Å². The van der Waals surface area contributed by atoms with Crippen LogP contribution in [0.1, 0.15) is 136 Å². The van der Waals surface area contributed by atoms with Gasteiger partial charge in [0.1, 0.15) is 19.3 Å². The third-order valence-electron chi connectivity index (χ3n) is 7.65. The van der Waals surface area contributed by atoms with E-state index in [4.69, 9.17) is 18.5 Å². The van der Waals surface area contributed by atoms with Crippen molar-refractivity contribution in [1.82, 2.24) is 0 Å². The molecule has 0 saturated heterocycles. The number of unbranched alkanes of at least 4 members (excludes halogenated alkanes) is 12. The largest absolute Gasteiger partial charge is 0.472 e. The maximum atomic E-state index is 12.6. The van der Waals surface area contributed by atoms with Crippen LogP contribution in [0, 0.1) is 0 Å². The summed E-state index contributed by atoms with van der Waals surface area (Å²) in [6, 6.07) is 0. The molecule has 0 aromatic rings. The fraction of sp³-hybridized carbons (Fsp3) is 0.769. The lowest BCUT2D eigenvalue weighted by molar-refractivity contribution is -0.870. The number of nitrogens with zero attached hydrogens (tertiary/aromatic N) is 1. The summed E-state index contributed by atoms with van der Waals surface area (Å²) in [5.74, 6) is -0.332. The summed E-state index contributed by atoms with van der Waals surface area (Å²) < 4.78 is 34.7. The Morgan fingerprint density at radius 3 is 1.81 bits per heavy atom. The Hall–Kier alpha value is -1.54. The van der Waals surface area contributed by atoms with Crippen molar-refractivity contribution in [3.63, 3.8) is 0 Å². The van der Waals surface area contributed by atoms with Crippen LogP contribution in [-0.4, -0.2) is 75.6 Å². The zero-order valence-corrected chi connectivity index (χ0v) is 32.4. The van der Waals surface area contributed by atoms with Gasteiger partial charge in [0.2, 0.25) is 0 Å². The number of carbonyl (C=O) groups is 1. The Kier molecular flexibility index (Phi) is 31.6. The minimum absolute atomic E-state index is 0.0842. The molecule has 0 rings (SSSR count). The van der Waals surface area contributed by atoms with Crippen molar-refractivity contribution < 1.29 is 37.3 Å². The van der Waals surface area contributed by atoms with Crippen LogP contribution < -0.4 is 0 Å². The Bertz CT molecular complexity index is 911. The molecule has 0 saturated carbocycles. The molecular formula is C39H73NO7P+. The zero-order valence-electron chi connectivity index (χ0n) is 31.5. The molecule has 0 amide bonds. The van der Waals surface area contributed by atoms with Crippen molar-refractivity contribution in [2.45, 2.75) is 142 Å². The standard InChI is InChI=1S/C39H72NO7P/c1-6-8-10-12-14-15-16-17-18-19-20-21-22-23-24-25-26-28-30-32-39(41)47-38(36-44-34-31-29-27-13-11-9-7-2)37-46-48(42,43)45-35-33-40(3,4)5/h8,10,14-15,17-18,20-21,38H,6-7,9,11-13,16,19,22-37H2,1-5H3/p+1/b10-8-,15-14-,18-17-,21-20-. The average Bonchev–Trinajstić information content (AvgIpc) is 3.03. The Morgan fingerprint density at radius 1 is 0.667 bits per heavy atom. The van der Waals surface area contributed by atoms with Gasteiger partial charge in [0.15, 0.2) is 0 Å². The topological polar surface area (TPSA) is 91.3 Å². The molecule has 48 heavy (non-hydrogen) atoms. The Morgan fingerprint density at radius 2 is 1.21 bits per heavy atom. The fourth-order valence-corrected chi connectivity index (χ4v) is 5.46. The summed E-state index contributed by atoms with van der Waals surface area (Å²) in [6.45, 7) is 5.44. The smallest absolute Gasteiger partial charge is 0.457 e. The summed E-state index contributed by atoms with van der Waals surface area (Å²) in [6.07, 6.45) is 37.2. The first-order chi connectivity index (χ1) is 23.1. The molecule has 1 N–H and O–H groups in total. The van der Waals surface area contributed by atoms with E-state index in [1.165, 1.54) is 44.9 Å². The molecule has 0 bridgehead atoms. The van der Waals surface area contributed by atoms with Crippen LogP contribution in [0.25, 0.3) is 0 Å². The molecule has 0 radical (unpaired) electrons. The van der Waals surface area contributed by atoms with E-state index in [9.17, 15) is 14.3 Å². The van der Waals surface area contributed by atoms with Crippen LogP contribution in [0.4, 0.5) is 0 Å². The van der Waals surface area contributed by atoms with Gasteiger partial charge in [-0.1, -0.05) is 127 Å². The summed E-state index contributed by atoms with van der Waals surface area (Å²) in [5.41, 5.74) is 0. The SMILES string of the molecule is CC/C=C\C/C=C\C/C=C\C/C=C\CCCCCCCCC(=O)OC(COCCCCCCCCC)COP(=O)(O)OCC[N+](C)(C)C. The lowest BCUT2D eigenvalue weighted by Crippen LogP contribution is -2.37. The third-order valence-corrected chi connectivity index (χ3v) is 8.64. The number of rotatable bonds is 34. The fourth-order valence-electron chi connectivity index (χ4n) is 4.72. The van der Waals surface area contributed by atoms with Crippen molar-refractivity contribution in [2.24, 2.45) is 0 Å². The molecule has 8 nitrogen and oxygen atoms in total. The van der Waals surface area contributed by atoms with Crippen molar-refractivity contribution in [1.29, 1.82) is 0 Å². The normalized spacial score (nSPS) is 14.5. The molecular weight excluding hydrogens is 625 g/mol. The van der Waals surface area contributed by atoms with Crippen LogP contribution >= 0.6 is 7.82 Å². The summed E-state index contributed by atoms with van der Waals surface area (Å²) in [5, 5.41) is 0. The molecule has 0 fully saturated rings. The first-order valence-corrected chi connectivity index (χ1v) is 20.4. The highest BCUT2D eigenvalue weighted by Gasteiger charge is 2.26. The van der Waals surface area contributed by atoms with Crippen LogP contribution in [0.15, 0.2) is 48.6 Å². The molecule has 0 aromatic heterocycles. The minimum Gasteiger partial charge on any atom is -0.457 e. The van der Waals surface area contributed by atoms with Crippen molar-refractivity contribution >= 4 is 13.8 Å². The molecule has 2 atom stereocenters. The van der Waals surface area contributed by atoms with E-state index >= 15 is 0 Å². The number of carbonyl (C=O) groups excluding carboxylic acids is 1. The molecule has 0 aromatic carbocycles. The van der Waals surface area contributed by atoms with Gasteiger partial charge in [-0.25, -0.2) is 4.57 Å². The highest BCUT2D eigenvalue weighted by molar-refractivity contribution is 7.47. The van der Waals surface area contributed by atoms with Crippen molar-refractivity contribution in [3.8, 4) is 0 Å². The average molecular weight is 699 g/mol. The van der Waals surface area contributed by atoms with Crippen molar-refractivity contribution in [2.75, 3.05) is 54.1 Å². The first-order valence-electron chi connectivity index (χ1n) is 18.9. The molecule has 0 aliphatic carbocycles. The summed E-state index contributed by atoms with van der Waals surface area (Å²) in [7, 11) is 1.65. The quantitative estimate of drug-likeness (QED) is 0.0235. The molecule has 0 aliphatic rings. The molecule has 0 heterocycles. The molecule has 0 aliphatic heterocycles. The van der Waals surface area contributed by atoms with E-state index in [1.54, 1.807) is 0 Å². The van der Waals surface area contributed by atoms with E-state index in [2.05, 4.69) is 62.5 Å². The number of phosphoric acid groups is 1. The van der Waals surface area contributed by atoms with E-state index in [-0.39, 0.29) is 25.8 Å². The molecule has 0 spiro atoms.